The van der Waals surface area contributed by atoms with Crippen molar-refractivity contribution in [3.63, 3.8) is 0 Å². The molecule has 19 heavy (non-hydrogen) atoms. The SMILES string of the molecule is C=CC(O)(c1n(C)nc[n+]1C)N([O-])c1ccccc1. The summed E-state index contributed by atoms with van der Waals surface area (Å²) in [5.41, 5.74) is -1.55. The molecule has 1 heterocycles. The van der Waals surface area contributed by atoms with E-state index in [0.29, 0.717) is 16.6 Å². The number of hydrogen-bond acceptors (Lipinski definition) is 4. The maximum atomic E-state index is 12.4. The number of anilines is 1. The van der Waals surface area contributed by atoms with Crippen LogP contribution in [0.2, 0.25) is 0 Å². The summed E-state index contributed by atoms with van der Waals surface area (Å²) < 4.78 is 3.02. The second-order valence-electron chi connectivity index (χ2n) is 4.25. The Hall–Kier alpha value is -2.18. The molecule has 0 aliphatic carbocycles. The van der Waals surface area contributed by atoms with E-state index < -0.39 is 5.72 Å². The van der Waals surface area contributed by atoms with Crippen LogP contribution in [0, 0.1) is 5.21 Å². The predicted molar refractivity (Wildman–Crippen MR) is 70.8 cm³/mol. The van der Waals surface area contributed by atoms with Crippen molar-refractivity contribution in [3.05, 3.63) is 60.3 Å². The summed E-state index contributed by atoms with van der Waals surface area (Å²) in [6.07, 6.45) is 2.71. The van der Waals surface area contributed by atoms with Crippen LogP contribution in [0.3, 0.4) is 0 Å². The highest BCUT2D eigenvalue weighted by atomic mass is 16.5. The quantitative estimate of drug-likeness (QED) is 0.378. The predicted octanol–water partition coefficient (Wildman–Crippen LogP) is 0.580. The minimum Gasteiger partial charge on any atom is -0.756 e. The third-order valence-electron chi connectivity index (χ3n) is 2.95. The molecular weight excluding hydrogens is 244 g/mol. The minimum atomic E-state index is -1.89. The van der Waals surface area contributed by atoms with E-state index in [4.69, 9.17) is 0 Å². The van der Waals surface area contributed by atoms with Gasteiger partial charge in [-0.05, 0) is 18.2 Å². The number of benzene rings is 1. The van der Waals surface area contributed by atoms with Crippen molar-refractivity contribution in [2.75, 3.05) is 5.06 Å². The Balaban J connectivity index is 2.52. The molecule has 0 saturated carbocycles. The van der Waals surface area contributed by atoms with Crippen LogP contribution in [-0.2, 0) is 19.8 Å². The van der Waals surface area contributed by atoms with Crippen molar-refractivity contribution >= 4 is 5.69 Å². The summed E-state index contributed by atoms with van der Waals surface area (Å²) in [6, 6.07) is 8.50. The van der Waals surface area contributed by atoms with Crippen molar-refractivity contribution in [1.29, 1.82) is 0 Å². The Labute approximate surface area is 111 Å². The summed E-state index contributed by atoms with van der Waals surface area (Å²) in [5, 5.41) is 27.6. The average molecular weight is 260 g/mol. The molecule has 1 N–H and O–H groups in total. The summed E-state index contributed by atoms with van der Waals surface area (Å²) in [7, 11) is 3.36. The highest BCUT2D eigenvalue weighted by Crippen LogP contribution is 2.28. The van der Waals surface area contributed by atoms with Crippen LogP contribution in [0.15, 0.2) is 49.3 Å². The Kier molecular flexibility index (Phi) is 3.37. The number of rotatable bonds is 4. The van der Waals surface area contributed by atoms with Gasteiger partial charge in [0.1, 0.15) is 0 Å². The summed E-state index contributed by atoms with van der Waals surface area (Å²) >= 11 is 0. The van der Waals surface area contributed by atoms with Crippen molar-refractivity contribution in [3.8, 4) is 0 Å². The van der Waals surface area contributed by atoms with Gasteiger partial charge in [0.2, 0.25) is 5.72 Å². The van der Waals surface area contributed by atoms with Gasteiger partial charge in [-0.1, -0.05) is 24.8 Å². The van der Waals surface area contributed by atoms with Crippen LogP contribution in [0.25, 0.3) is 0 Å². The van der Waals surface area contributed by atoms with E-state index in [1.807, 2.05) is 0 Å². The Morgan fingerprint density at radius 2 is 2.11 bits per heavy atom. The normalized spacial score (nSPS) is 13.9. The first kappa shape index (κ1) is 13.3. The fraction of sp³-hybridized carbons (Fsp3) is 0.231. The molecule has 2 rings (SSSR count). The van der Waals surface area contributed by atoms with Crippen LogP contribution < -0.4 is 9.63 Å². The van der Waals surface area contributed by atoms with Crippen LogP contribution >= 0.6 is 0 Å². The number of aryl methyl sites for hydroxylation is 2. The Bertz CT molecular complexity index is 562. The van der Waals surface area contributed by atoms with Crippen LogP contribution in [-0.4, -0.2) is 14.9 Å². The van der Waals surface area contributed by atoms with E-state index in [1.165, 1.54) is 17.1 Å². The zero-order valence-electron chi connectivity index (χ0n) is 10.9. The van der Waals surface area contributed by atoms with Gasteiger partial charge < -0.3 is 15.4 Å². The highest BCUT2D eigenvalue weighted by Gasteiger charge is 2.38. The molecule has 1 unspecified atom stereocenters. The molecule has 0 aliphatic rings. The largest absolute Gasteiger partial charge is 0.756 e. The van der Waals surface area contributed by atoms with Gasteiger partial charge in [0, 0.05) is 10.8 Å². The van der Waals surface area contributed by atoms with Crippen LogP contribution in [0.1, 0.15) is 5.82 Å². The monoisotopic (exact) mass is 260 g/mol. The van der Waals surface area contributed by atoms with Crippen molar-refractivity contribution in [2.24, 2.45) is 14.1 Å². The number of nitrogens with zero attached hydrogens (tertiary/aromatic N) is 4. The third-order valence-corrected chi connectivity index (χ3v) is 2.95. The van der Waals surface area contributed by atoms with Gasteiger partial charge in [0.25, 0.3) is 12.2 Å². The standard InChI is InChI=1S/C13H16N4O2/c1-4-13(18,12-15(2)10-14-16(12)3)17(19)11-8-6-5-7-9-11/h4-10,18H,1H2,2-3H3. The zero-order valence-corrected chi connectivity index (χ0v) is 10.9. The Morgan fingerprint density at radius 3 is 2.58 bits per heavy atom. The summed E-state index contributed by atoms with van der Waals surface area (Å²) in [4.78, 5) is 0. The van der Waals surface area contributed by atoms with Gasteiger partial charge in [0.15, 0.2) is 0 Å². The van der Waals surface area contributed by atoms with E-state index >= 15 is 0 Å². The summed E-state index contributed by atoms with van der Waals surface area (Å²) in [5.74, 6) is 0.321. The van der Waals surface area contributed by atoms with Crippen molar-refractivity contribution in [1.82, 2.24) is 9.78 Å². The molecule has 0 saturated heterocycles. The molecule has 6 nitrogen and oxygen atoms in total. The lowest BCUT2D eigenvalue weighted by molar-refractivity contribution is -0.686. The van der Waals surface area contributed by atoms with Gasteiger partial charge in [-0.25, -0.2) is 4.57 Å². The van der Waals surface area contributed by atoms with Gasteiger partial charge >= 0.3 is 0 Å². The Morgan fingerprint density at radius 1 is 1.47 bits per heavy atom. The number of aromatic nitrogens is 3. The van der Waals surface area contributed by atoms with E-state index in [2.05, 4.69) is 11.7 Å². The van der Waals surface area contributed by atoms with Crippen molar-refractivity contribution in [2.45, 2.75) is 5.72 Å². The number of hydrogen-bond donors (Lipinski definition) is 1. The van der Waals surface area contributed by atoms with E-state index in [1.54, 1.807) is 49.0 Å². The van der Waals surface area contributed by atoms with E-state index in [-0.39, 0.29) is 0 Å². The smallest absolute Gasteiger partial charge is 0.292 e. The lowest BCUT2D eigenvalue weighted by Crippen LogP contribution is -2.51. The van der Waals surface area contributed by atoms with Crippen LogP contribution in [0.4, 0.5) is 5.69 Å². The van der Waals surface area contributed by atoms with E-state index in [0.717, 1.165) is 0 Å². The molecule has 2 aromatic rings. The zero-order chi connectivity index (χ0) is 14.0. The van der Waals surface area contributed by atoms with E-state index in [9.17, 15) is 10.3 Å². The fourth-order valence-corrected chi connectivity index (χ4v) is 2.02. The molecule has 1 aromatic carbocycles. The first-order valence-corrected chi connectivity index (χ1v) is 5.77. The topological polar surface area (TPSA) is 68.2 Å². The second kappa shape index (κ2) is 4.83. The highest BCUT2D eigenvalue weighted by molar-refractivity contribution is 5.50. The van der Waals surface area contributed by atoms with Crippen molar-refractivity contribution < 1.29 is 9.67 Å². The first-order chi connectivity index (χ1) is 9.00. The van der Waals surface area contributed by atoms with Gasteiger partial charge in [-0.3, -0.25) is 0 Å². The van der Waals surface area contributed by atoms with Crippen LogP contribution in [0.5, 0.6) is 0 Å². The molecule has 0 radical (unpaired) electrons. The number of para-hydroxylation sites is 1. The number of hydroxylamine groups is 1. The molecule has 0 amide bonds. The molecule has 1 atom stereocenters. The first-order valence-electron chi connectivity index (χ1n) is 5.77. The van der Waals surface area contributed by atoms with Gasteiger partial charge in [-0.2, -0.15) is 0 Å². The molecule has 0 aliphatic heterocycles. The molecular formula is C13H16N4O2. The maximum absolute atomic E-state index is 12.4. The molecule has 0 bridgehead atoms. The molecule has 0 spiro atoms. The molecule has 100 valence electrons. The molecule has 1 aromatic heterocycles. The maximum Gasteiger partial charge on any atom is 0.292 e. The molecule has 6 heteroatoms. The lowest BCUT2D eigenvalue weighted by Gasteiger charge is -2.42. The lowest BCUT2D eigenvalue weighted by atomic mass is 10.1. The third kappa shape index (κ3) is 2.11. The fourth-order valence-electron chi connectivity index (χ4n) is 2.02. The van der Waals surface area contributed by atoms with Gasteiger partial charge in [0.05, 0.1) is 14.1 Å². The second-order valence-corrected chi connectivity index (χ2v) is 4.25. The number of aliphatic hydroxyl groups is 1. The average Bonchev–Trinajstić information content (AvgIpc) is 2.78. The minimum absolute atomic E-state index is 0.321. The summed E-state index contributed by atoms with van der Waals surface area (Å²) in [6.45, 7) is 3.57. The molecule has 0 fully saturated rings. The van der Waals surface area contributed by atoms with Gasteiger partial charge in [-0.15, -0.1) is 4.68 Å².